The molecule has 3 fully saturated rings. The lowest BCUT2D eigenvalue weighted by molar-refractivity contribution is -0.192. The predicted molar refractivity (Wildman–Crippen MR) is 169 cm³/mol. The van der Waals surface area contributed by atoms with Crippen LogP contribution in [-0.2, 0) is 28.7 Å². The van der Waals surface area contributed by atoms with Gasteiger partial charge < -0.3 is 41.4 Å². The summed E-state index contributed by atoms with van der Waals surface area (Å²) in [5, 5.41) is 36.0. The lowest BCUT2D eigenvalue weighted by Crippen LogP contribution is -2.71. The number of likely N-dealkylation sites (tertiary alicyclic amines) is 1. The number of carboxylic acids is 2. The van der Waals surface area contributed by atoms with Crippen molar-refractivity contribution >= 4 is 69.7 Å². The minimum Gasteiger partial charge on any atom is -0.477 e. The van der Waals surface area contributed by atoms with Crippen molar-refractivity contribution in [1.82, 2.24) is 25.4 Å². The molecule has 0 bridgehead atoms. The smallest absolute Gasteiger partial charge is 0.477 e. The Morgan fingerprint density at radius 2 is 1.88 bits per heavy atom. The lowest BCUT2D eigenvalue weighted by Gasteiger charge is -2.50. The Morgan fingerprint density at radius 3 is 2.38 bits per heavy atom. The van der Waals surface area contributed by atoms with Crippen LogP contribution < -0.4 is 16.4 Å². The van der Waals surface area contributed by atoms with Gasteiger partial charge in [-0.2, -0.15) is 13.2 Å². The van der Waals surface area contributed by atoms with Crippen LogP contribution in [0.1, 0.15) is 25.0 Å². The Morgan fingerprint density at radius 1 is 1.22 bits per heavy atom. The number of halogens is 3. The van der Waals surface area contributed by atoms with Gasteiger partial charge in [-0.05, 0) is 36.3 Å². The fraction of sp³-hybridized carbons (Fsp3) is 0.429. The molecule has 0 unspecified atom stereocenters. The maximum absolute atomic E-state index is 13.3. The van der Waals surface area contributed by atoms with Gasteiger partial charge in [-0.15, -0.1) is 23.1 Å². The van der Waals surface area contributed by atoms with E-state index >= 15 is 0 Å². The van der Waals surface area contributed by atoms with Gasteiger partial charge in [-0.3, -0.25) is 19.3 Å². The highest BCUT2D eigenvalue weighted by atomic mass is 32.2. The number of amides is 4. The van der Waals surface area contributed by atoms with Gasteiger partial charge in [0.25, 0.3) is 11.8 Å². The van der Waals surface area contributed by atoms with Gasteiger partial charge in [0.15, 0.2) is 10.8 Å². The number of thioether (sulfide) groups is 1. The molecule has 4 aliphatic heterocycles. The minimum absolute atomic E-state index is 0.0296. The molecule has 0 aromatic carbocycles. The molecule has 270 valence electrons. The van der Waals surface area contributed by atoms with Crippen molar-refractivity contribution in [3.8, 4) is 0 Å². The summed E-state index contributed by atoms with van der Waals surface area (Å²) in [5.41, 5.74) is 6.40. The zero-order valence-electron chi connectivity index (χ0n) is 25.8. The molecule has 0 spiro atoms. The summed E-state index contributed by atoms with van der Waals surface area (Å²) in [6.07, 6.45) is -2.74. The van der Waals surface area contributed by atoms with Gasteiger partial charge >= 0.3 is 24.2 Å². The van der Waals surface area contributed by atoms with E-state index in [9.17, 15) is 47.5 Å². The monoisotopic (exact) mass is 745 g/mol. The van der Waals surface area contributed by atoms with Gasteiger partial charge in [-0.1, -0.05) is 17.8 Å². The van der Waals surface area contributed by atoms with Crippen molar-refractivity contribution in [3.05, 3.63) is 46.1 Å². The molecule has 2 atom stereocenters. The van der Waals surface area contributed by atoms with Crippen molar-refractivity contribution in [2.45, 2.75) is 36.9 Å². The fourth-order valence-corrected chi connectivity index (χ4v) is 7.58. The number of aromatic nitrogens is 1. The number of rotatable bonds is 8. The summed E-state index contributed by atoms with van der Waals surface area (Å²) in [5.74, 6) is -5.98. The zero-order valence-corrected chi connectivity index (χ0v) is 27.4. The maximum Gasteiger partial charge on any atom is 0.490 e. The number of nitrogen functional groups attached to an aromatic ring is 1. The summed E-state index contributed by atoms with van der Waals surface area (Å²) in [7, 11) is 0. The quantitative estimate of drug-likeness (QED) is 0.0546. The maximum atomic E-state index is 13.3. The number of nitrogens with two attached hydrogens (primary N) is 1. The molecular formula is C28H30F3N7O10S2. The van der Waals surface area contributed by atoms with Gasteiger partial charge in [0, 0.05) is 36.3 Å². The molecule has 50 heavy (non-hydrogen) atoms. The van der Waals surface area contributed by atoms with Gasteiger partial charge in [0.1, 0.15) is 29.4 Å². The number of hydrogen-bond donors (Lipinski definition) is 6. The predicted octanol–water partition coefficient (Wildman–Crippen LogP) is 1.13. The number of carbonyl (C=O) groups excluding carboxylic acids is 4. The Kier molecular flexibility index (Phi) is 11.8. The third-order valence-electron chi connectivity index (χ3n) is 7.85. The Hall–Kier alpha value is -5.12. The molecule has 4 aliphatic rings. The number of carbonyl (C=O) groups is 6. The molecule has 1 aromatic rings. The van der Waals surface area contributed by atoms with Crippen LogP contribution in [0.15, 0.2) is 45.6 Å². The van der Waals surface area contributed by atoms with E-state index in [4.69, 9.17) is 20.4 Å². The number of aliphatic carboxylic acids is 2. The summed E-state index contributed by atoms with van der Waals surface area (Å²) in [6, 6.07) is -1.09. The summed E-state index contributed by atoms with van der Waals surface area (Å²) >= 11 is 2.29. The Bertz CT molecular complexity index is 1680. The van der Waals surface area contributed by atoms with E-state index in [-0.39, 0.29) is 40.7 Å². The van der Waals surface area contributed by atoms with Crippen molar-refractivity contribution in [2.75, 3.05) is 37.7 Å². The molecule has 0 radical (unpaired) electrons. The van der Waals surface area contributed by atoms with Crippen molar-refractivity contribution in [3.63, 3.8) is 0 Å². The number of nitrogens with one attached hydrogen (secondary N) is 2. The molecule has 5 rings (SSSR count). The molecular weight excluding hydrogens is 715 g/mol. The van der Waals surface area contributed by atoms with Crippen molar-refractivity contribution in [2.24, 2.45) is 11.1 Å². The molecule has 5 heterocycles. The van der Waals surface area contributed by atoms with Crippen LogP contribution in [-0.4, -0.2) is 121 Å². The number of fused-ring (bicyclic) bond motifs is 1. The average Bonchev–Trinajstić information content (AvgIpc) is 3.70. The second kappa shape index (κ2) is 15.6. The number of hydrogen-bond acceptors (Lipinski definition) is 13. The molecule has 4 amide bonds. The van der Waals surface area contributed by atoms with Crippen LogP contribution >= 0.6 is 23.1 Å². The average molecular weight is 746 g/mol. The molecule has 0 aliphatic carbocycles. The summed E-state index contributed by atoms with van der Waals surface area (Å²) < 4.78 is 36.9. The number of β-lactam (4-membered cyclic amide) rings is 1. The Balaban J connectivity index is 0.000000727. The number of thiazole rings is 1. The first-order valence-corrected chi connectivity index (χ1v) is 16.5. The van der Waals surface area contributed by atoms with E-state index in [2.05, 4.69) is 27.4 Å². The van der Waals surface area contributed by atoms with E-state index in [1.54, 1.807) is 4.90 Å². The fourth-order valence-electron chi connectivity index (χ4n) is 5.67. The van der Waals surface area contributed by atoms with Gasteiger partial charge in [0.2, 0.25) is 5.91 Å². The zero-order chi connectivity index (χ0) is 36.9. The van der Waals surface area contributed by atoms with Crippen LogP contribution in [0.3, 0.4) is 0 Å². The first-order chi connectivity index (χ1) is 23.6. The van der Waals surface area contributed by atoms with Crippen LogP contribution in [0, 0.1) is 5.92 Å². The van der Waals surface area contributed by atoms with Crippen LogP contribution in [0.5, 0.6) is 0 Å². The standard InChI is InChI=1S/C26H29N7O8S2.C2HF3O2/c1-2-9-41-26(39)32-7-4-12(5-8-32)16(13-3-6-28-20(13)34)14-10-42-23-18(22(36)33(23)19(14)24(37)38)30-21(35)17(31-40)15-11-43-25(27)29-15;3-2(4,5)1(6)7/h2,11-12,18,23,40H,1,3-10H2,(H2,27,29)(H,28,34)(H,30,35)(H,37,38);(H,6,7)/t18-,23-;/m1./s1. The first-order valence-electron chi connectivity index (χ1n) is 14.6. The van der Waals surface area contributed by atoms with Gasteiger partial charge in [-0.25, -0.2) is 19.4 Å². The highest BCUT2D eigenvalue weighted by molar-refractivity contribution is 8.00. The number of piperidine rings is 1. The number of carboxylic acid groups (broad SMARTS) is 2. The van der Waals surface area contributed by atoms with E-state index in [0.29, 0.717) is 55.6 Å². The van der Waals surface area contributed by atoms with Crippen molar-refractivity contribution < 1.29 is 62.1 Å². The minimum atomic E-state index is -5.08. The third kappa shape index (κ3) is 8.01. The van der Waals surface area contributed by atoms with E-state index < -0.39 is 53.1 Å². The first kappa shape index (κ1) is 37.7. The number of ether oxygens (including phenoxy) is 1. The molecule has 3 saturated heterocycles. The molecule has 7 N–H and O–H groups in total. The highest BCUT2D eigenvalue weighted by Gasteiger charge is 2.55. The third-order valence-corrected chi connectivity index (χ3v) is 9.80. The van der Waals surface area contributed by atoms with E-state index in [0.717, 1.165) is 16.2 Å². The summed E-state index contributed by atoms with van der Waals surface area (Å²) in [4.78, 5) is 79.6. The molecule has 0 saturated carbocycles. The second-order valence-electron chi connectivity index (χ2n) is 10.8. The number of anilines is 1. The number of alkyl halides is 3. The number of nitrogens with zero attached hydrogens (tertiary/aromatic N) is 4. The van der Waals surface area contributed by atoms with E-state index in [1.165, 1.54) is 23.2 Å². The number of allylic oxidation sites excluding steroid dienone is 1. The topological polar surface area (TPSA) is 254 Å². The Labute approximate surface area is 288 Å². The lowest BCUT2D eigenvalue weighted by atomic mass is 9.80. The number of oxime groups is 1. The SMILES string of the molecule is C=CCOC(=O)N1CCC(C(=C2CCNC2=O)C2=C(C(=O)O)N3C(=O)[C@@H](NC(=O)C(=NO)c4csc(N)n4)[C@H]3SC2)CC1.O=C(O)C(F)(F)F. The normalized spacial score (nSPS) is 22.0. The van der Waals surface area contributed by atoms with E-state index in [1.807, 2.05) is 0 Å². The largest absolute Gasteiger partial charge is 0.490 e. The van der Waals surface area contributed by atoms with Crippen LogP contribution in [0.4, 0.5) is 23.1 Å². The second-order valence-corrected chi connectivity index (χ2v) is 12.8. The van der Waals surface area contributed by atoms with Gasteiger partial charge in [0.05, 0.1) is 0 Å². The van der Waals surface area contributed by atoms with Crippen LogP contribution in [0.2, 0.25) is 0 Å². The molecule has 1 aromatic heterocycles. The highest BCUT2D eigenvalue weighted by Crippen LogP contribution is 2.46. The molecule has 17 nitrogen and oxygen atoms in total. The van der Waals surface area contributed by atoms with Crippen molar-refractivity contribution in [1.29, 1.82) is 0 Å². The summed E-state index contributed by atoms with van der Waals surface area (Å²) in [6.45, 7) is 4.73. The molecule has 22 heteroatoms. The van der Waals surface area contributed by atoms with Crippen LogP contribution in [0.25, 0.3) is 0 Å².